The molecule has 8 heteroatoms. The lowest BCUT2D eigenvalue weighted by Crippen LogP contribution is -2.19. The van der Waals surface area contributed by atoms with Gasteiger partial charge in [-0.15, -0.1) is 0 Å². The average Bonchev–Trinajstić information content (AvgIpc) is 2.76. The third kappa shape index (κ3) is 16.2. The predicted molar refractivity (Wildman–Crippen MR) is 138 cm³/mol. The minimum absolute atomic E-state index is 0.0982. The van der Waals surface area contributed by atoms with E-state index in [1.165, 1.54) is 36.0 Å². The minimum atomic E-state index is -1.08. The van der Waals surface area contributed by atoms with Crippen molar-refractivity contribution in [2.24, 2.45) is 5.41 Å². The molecule has 0 saturated heterocycles. The highest BCUT2D eigenvalue weighted by molar-refractivity contribution is 5.76. The van der Waals surface area contributed by atoms with Gasteiger partial charge in [0.05, 0.1) is 25.7 Å². The van der Waals surface area contributed by atoms with Crippen LogP contribution in [0.4, 0.5) is 0 Å². The molecule has 0 spiro atoms. The number of rotatable bonds is 12. The van der Waals surface area contributed by atoms with Gasteiger partial charge in [-0.05, 0) is 57.1 Å². The lowest BCUT2D eigenvalue weighted by atomic mass is 9.72. The highest BCUT2D eigenvalue weighted by Gasteiger charge is 2.26. The van der Waals surface area contributed by atoms with E-state index in [9.17, 15) is 19.2 Å². The van der Waals surface area contributed by atoms with E-state index in [-0.39, 0.29) is 37.7 Å². The van der Waals surface area contributed by atoms with Crippen LogP contribution in [-0.4, -0.2) is 45.8 Å². The van der Waals surface area contributed by atoms with Crippen molar-refractivity contribution in [3.8, 4) is 0 Å². The number of hydrogen-bond donors (Lipinski definition) is 3. The predicted octanol–water partition coefficient (Wildman–Crippen LogP) is 5.86. The van der Waals surface area contributed by atoms with Crippen molar-refractivity contribution in [2.75, 3.05) is 6.61 Å². The summed E-state index contributed by atoms with van der Waals surface area (Å²) in [6.45, 7) is 11.0. The quantitative estimate of drug-likeness (QED) is 0.222. The van der Waals surface area contributed by atoms with Gasteiger partial charge in [-0.25, -0.2) is 0 Å². The second-order valence-electron chi connectivity index (χ2n) is 9.35. The van der Waals surface area contributed by atoms with Crippen LogP contribution < -0.4 is 0 Å². The zero-order chi connectivity index (χ0) is 27.7. The maximum absolute atomic E-state index is 11.3. The summed E-state index contributed by atoms with van der Waals surface area (Å²) in [6.07, 6.45) is 15.0. The monoisotopic (exact) mass is 504 g/mol. The number of esters is 1. The maximum atomic E-state index is 11.3. The van der Waals surface area contributed by atoms with Crippen molar-refractivity contribution < 1.29 is 39.2 Å². The Kier molecular flexibility index (Phi) is 15.5. The second kappa shape index (κ2) is 17.1. The Morgan fingerprint density at radius 3 is 1.97 bits per heavy atom. The van der Waals surface area contributed by atoms with Gasteiger partial charge >= 0.3 is 23.9 Å². The number of carbonyl (C=O) groups is 4. The first kappa shape index (κ1) is 32.6. The Balaban J connectivity index is 0.00000131. The number of carboxylic acids is 3. The van der Waals surface area contributed by atoms with Crippen LogP contribution in [0.15, 0.2) is 58.7 Å². The molecular weight excluding hydrogens is 464 g/mol. The van der Waals surface area contributed by atoms with Gasteiger partial charge in [0.25, 0.3) is 0 Å². The zero-order valence-electron chi connectivity index (χ0n) is 22.0. The molecule has 0 saturated carbocycles. The Morgan fingerprint density at radius 2 is 1.44 bits per heavy atom. The van der Waals surface area contributed by atoms with Crippen molar-refractivity contribution in [1.29, 1.82) is 0 Å². The van der Waals surface area contributed by atoms with Gasteiger partial charge in [0.1, 0.15) is 6.61 Å². The molecule has 36 heavy (non-hydrogen) atoms. The molecule has 3 N–H and O–H groups in total. The van der Waals surface area contributed by atoms with Crippen LogP contribution in [0, 0.1) is 5.41 Å². The summed E-state index contributed by atoms with van der Waals surface area (Å²) in [5.74, 6) is -3.65. The first-order valence-electron chi connectivity index (χ1n) is 12.0. The summed E-state index contributed by atoms with van der Waals surface area (Å²) in [7, 11) is 0. The average molecular weight is 505 g/mol. The molecule has 0 aromatic heterocycles. The fraction of sp³-hybridized carbons (Fsp3) is 0.500. The first-order valence-corrected chi connectivity index (χ1v) is 12.0. The molecule has 0 unspecified atom stereocenters. The Bertz CT molecular complexity index is 915. The zero-order valence-corrected chi connectivity index (χ0v) is 22.0. The number of hydrogen-bond acceptors (Lipinski definition) is 5. The molecular formula is C28H40O8. The van der Waals surface area contributed by atoms with E-state index in [2.05, 4.69) is 45.9 Å². The number of carboxylic acid groups (broad SMARTS) is 3. The van der Waals surface area contributed by atoms with Crippen LogP contribution >= 0.6 is 0 Å². The highest BCUT2D eigenvalue weighted by atomic mass is 16.5. The van der Waals surface area contributed by atoms with Crippen molar-refractivity contribution in [3.63, 3.8) is 0 Å². The first-order chi connectivity index (χ1) is 16.7. The smallest absolute Gasteiger partial charge is 0.306 e. The van der Waals surface area contributed by atoms with E-state index in [4.69, 9.17) is 20.1 Å². The molecule has 0 radical (unpaired) electrons. The van der Waals surface area contributed by atoms with Gasteiger partial charge in [0.15, 0.2) is 0 Å². The third-order valence-electron chi connectivity index (χ3n) is 5.52. The van der Waals surface area contributed by atoms with E-state index in [0.29, 0.717) is 0 Å². The van der Waals surface area contributed by atoms with Crippen LogP contribution in [0.25, 0.3) is 0 Å². The van der Waals surface area contributed by atoms with Gasteiger partial charge in [0.2, 0.25) is 0 Å². The van der Waals surface area contributed by atoms with Crippen molar-refractivity contribution >= 4 is 23.9 Å². The lowest BCUT2D eigenvalue weighted by molar-refractivity contribution is -0.146. The molecule has 8 nitrogen and oxygen atoms in total. The molecule has 1 rings (SSSR count). The van der Waals surface area contributed by atoms with E-state index < -0.39 is 23.9 Å². The maximum Gasteiger partial charge on any atom is 0.306 e. The summed E-state index contributed by atoms with van der Waals surface area (Å²) in [5, 5.41) is 24.3. The number of allylic oxidation sites excluding steroid dienone is 9. The van der Waals surface area contributed by atoms with Crippen LogP contribution in [0.5, 0.6) is 0 Å². The SMILES string of the molecule is CC(C=CC1=C(C)CCCC1(C)C)=CC=CC(C)=CCOC(=O)CCC(=O)O.O=C(O)CCC(=O)O. The Labute approximate surface area is 213 Å². The molecule has 200 valence electrons. The highest BCUT2D eigenvalue weighted by Crippen LogP contribution is 2.40. The van der Waals surface area contributed by atoms with Gasteiger partial charge in [-0.1, -0.05) is 60.9 Å². The number of carbonyl (C=O) groups excluding carboxylic acids is 1. The van der Waals surface area contributed by atoms with E-state index >= 15 is 0 Å². The topological polar surface area (TPSA) is 138 Å². The Morgan fingerprint density at radius 1 is 0.889 bits per heavy atom. The summed E-state index contributed by atoms with van der Waals surface area (Å²) in [5.41, 5.74) is 5.34. The van der Waals surface area contributed by atoms with Gasteiger partial charge in [-0.3, -0.25) is 19.2 Å². The van der Waals surface area contributed by atoms with Gasteiger partial charge in [0, 0.05) is 0 Å². The van der Waals surface area contributed by atoms with E-state index in [1.807, 2.05) is 19.1 Å². The summed E-state index contributed by atoms with van der Waals surface area (Å²) in [6, 6.07) is 0. The molecule has 0 heterocycles. The second-order valence-corrected chi connectivity index (χ2v) is 9.35. The fourth-order valence-electron chi connectivity index (χ4n) is 3.46. The minimum Gasteiger partial charge on any atom is -0.481 e. The fourth-order valence-corrected chi connectivity index (χ4v) is 3.46. The van der Waals surface area contributed by atoms with Crippen molar-refractivity contribution in [1.82, 2.24) is 0 Å². The van der Waals surface area contributed by atoms with Gasteiger partial charge in [-0.2, -0.15) is 0 Å². The largest absolute Gasteiger partial charge is 0.481 e. The van der Waals surface area contributed by atoms with Crippen LogP contribution in [0.1, 0.15) is 79.6 Å². The molecule has 0 bridgehead atoms. The molecule has 1 aliphatic carbocycles. The molecule has 0 aromatic rings. The molecule has 0 amide bonds. The molecule has 0 fully saturated rings. The van der Waals surface area contributed by atoms with Crippen molar-refractivity contribution in [2.45, 2.75) is 79.6 Å². The van der Waals surface area contributed by atoms with E-state index in [1.54, 1.807) is 6.08 Å². The van der Waals surface area contributed by atoms with Crippen LogP contribution in [0.3, 0.4) is 0 Å². The molecule has 0 atom stereocenters. The standard InChI is InChI=1S/C24H34O4.C4H6O4/c1-18(11-12-21-20(3)10-7-16-24(21,4)5)8-6-9-19(2)15-17-28-23(27)14-13-22(25)26;5-3(6)1-2-4(7)8/h6,8-9,11-12,15H,7,10,13-14,16-17H2,1-5H3,(H,25,26);1-2H2,(H,5,6)(H,7,8). The summed E-state index contributed by atoms with van der Waals surface area (Å²) < 4.78 is 4.98. The third-order valence-corrected chi connectivity index (χ3v) is 5.52. The molecule has 1 aliphatic rings. The lowest BCUT2D eigenvalue weighted by Gasteiger charge is -2.32. The number of ether oxygens (including phenoxy) is 1. The van der Waals surface area contributed by atoms with Crippen LogP contribution in [-0.2, 0) is 23.9 Å². The van der Waals surface area contributed by atoms with Crippen LogP contribution in [0.2, 0.25) is 0 Å². The van der Waals surface area contributed by atoms with Crippen molar-refractivity contribution in [3.05, 3.63) is 58.7 Å². The summed E-state index contributed by atoms with van der Waals surface area (Å²) >= 11 is 0. The summed E-state index contributed by atoms with van der Waals surface area (Å²) in [4.78, 5) is 41.0. The Hall–Kier alpha value is -3.42. The van der Waals surface area contributed by atoms with Gasteiger partial charge < -0.3 is 20.1 Å². The normalized spacial score (nSPS) is 16.0. The molecule has 0 aromatic carbocycles. The van der Waals surface area contributed by atoms with E-state index in [0.717, 1.165) is 5.57 Å². The molecule has 0 aliphatic heterocycles. The number of aliphatic carboxylic acids is 3.